The van der Waals surface area contributed by atoms with Crippen molar-refractivity contribution in [2.24, 2.45) is 0 Å². The van der Waals surface area contributed by atoms with Gasteiger partial charge in [0.2, 0.25) is 0 Å². The van der Waals surface area contributed by atoms with Crippen LogP contribution >= 0.6 is 11.3 Å². The van der Waals surface area contributed by atoms with E-state index in [9.17, 15) is 9.59 Å². The van der Waals surface area contributed by atoms with Crippen molar-refractivity contribution < 1.29 is 9.59 Å². The summed E-state index contributed by atoms with van der Waals surface area (Å²) in [5, 5.41) is 7.32. The van der Waals surface area contributed by atoms with E-state index in [0.29, 0.717) is 10.7 Å². The van der Waals surface area contributed by atoms with E-state index in [0.717, 1.165) is 48.7 Å². The van der Waals surface area contributed by atoms with Gasteiger partial charge in [-0.05, 0) is 30.2 Å². The number of rotatable bonds is 3. The number of nitrogens with zero attached hydrogens (tertiary/aromatic N) is 5. The van der Waals surface area contributed by atoms with E-state index in [-0.39, 0.29) is 11.8 Å². The summed E-state index contributed by atoms with van der Waals surface area (Å²) in [4.78, 5) is 32.9. The maximum atomic E-state index is 12.3. The predicted octanol–water partition coefficient (Wildman–Crippen LogP) is 2.37. The number of hydrogen-bond acceptors (Lipinski definition) is 6. The van der Waals surface area contributed by atoms with Gasteiger partial charge in [-0.1, -0.05) is 0 Å². The molecule has 0 saturated heterocycles. The van der Waals surface area contributed by atoms with E-state index < -0.39 is 0 Å². The number of likely N-dealkylation sites (N-methyl/N-ethyl adjacent to an activating group) is 1. The Bertz CT molecular complexity index is 1070. The van der Waals surface area contributed by atoms with Gasteiger partial charge < -0.3 is 15.1 Å². The van der Waals surface area contributed by atoms with Crippen LogP contribution in [0.25, 0.3) is 0 Å². The summed E-state index contributed by atoms with van der Waals surface area (Å²) >= 11 is 1.29. The average Bonchev–Trinajstić information content (AvgIpc) is 3.41. The van der Waals surface area contributed by atoms with Crippen molar-refractivity contribution in [1.29, 1.82) is 0 Å². The topological polar surface area (TPSA) is 83.4 Å². The zero-order chi connectivity index (χ0) is 19.3. The first-order chi connectivity index (χ1) is 13.6. The van der Waals surface area contributed by atoms with Crippen molar-refractivity contribution in [1.82, 2.24) is 19.7 Å². The van der Waals surface area contributed by atoms with Crippen LogP contribution in [0, 0.1) is 0 Å². The molecule has 0 fully saturated rings. The summed E-state index contributed by atoms with van der Waals surface area (Å²) < 4.78 is 1.89. The number of fused-ring (bicyclic) bond motifs is 2. The van der Waals surface area contributed by atoms with E-state index in [2.05, 4.69) is 26.4 Å². The molecule has 142 valence electrons. The molecule has 9 heteroatoms. The first-order valence-corrected chi connectivity index (χ1v) is 9.92. The molecule has 0 bridgehead atoms. The minimum atomic E-state index is -0.206. The van der Waals surface area contributed by atoms with Gasteiger partial charge in [0.05, 0.1) is 18.3 Å². The first kappa shape index (κ1) is 16.9. The van der Waals surface area contributed by atoms with Gasteiger partial charge in [0.1, 0.15) is 10.7 Å². The van der Waals surface area contributed by atoms with Crippen LogP contribution in [-0.2, 0) is 13.0 Å². The fourth-order valence-electron chi connectivity index (χ4n) is 3.69. The molecule has 0 spiro atoms. The van der Waals surface area contributed by atoms with Crippen molar-refractivity contribution in [3.63, 3.8) is 0 Å². The Kier molecular flexibility index (Phi) is 3.90. The number of benzene rings is 1. The molecule has 0 radical (unpaired) electrons. The lowest BCUT2D eigenvalue weighted by Crippen LogP contribution is -2.34. The molecular weight excluding hydrogens is 376 g/mol. The summed E-state index contributed by atoms with van der Waals surface area (Å²) in [6, 6.07) is 7.87. The number of anilines is 3. The number of nitrogens with one attached hydrogen (secondary N) is 1. The highest BCUT2D eigenvalue weighted by Gasteiger charge is 2.26. The molecule has 2 aliphatic rings. The largest absolute Gasteiger partial charge is 0.341 e. The van der Waals surface area contributed by atoms with Crippen molar-refractivity contribution >= 4 is 40.5 Å². The van der Waals surface area contributed by atoms with Gasteiger partial charge in [-0.25, -0.2) is 4.68 Å². The molecule has 3 aromatic rings. The van der Waals surface area contributed by atoms with Crippen molar-refractivity contribution in [2.45, 2.75) is 13.0 Å². The van der Waals surface area contributed by atoms with Crippen LogP contribution in [0.3, 0.4) is 0 Å². The predicted molar refractivity (Wildman–Crippen MR) is 106 cm³/mol. The van der Waals surface area contributed by atoms with E-state index in [1.165, 1.54) is 11.3 Å². The molecule has 2 aliphatic heterocycles. The van der Waals surface area contributed by atoms with E-state index >= 15 is 0 Å². The summed E-state index contributed by atoms with van der Waals surface area (Å²) in [5.74, 6) is 1.32. The van der Waals surface area contributed by atoms with Gasteiger partial charge >= 0.3 is 0 Å². The SMILES string of the molecule is CN1CCc2cc(N3CCn4nc(NC(=O)c5cncs5)cc43)ccc2C1=O. The number of carbonyl (C=O) groups is 2. The van der Waals surface area contributed by atoms with E-state index in [4.69, 9.17) is 0 Å². The fourth-order valence-corrected chi connectivity index (χ4v) is 4.20. The van der Waals surface area contributed by atoms with Crippen LogP contribution in [0.1, 0.15) is 25.6 Å². The number of hydrogen-bond donors (Lipinski definition) is 1. The monoisotopic (exact) mass is 394 g/mol. The number of carbonyl (C=O) groups excluding carboxylic acids is 2. The second-order valence-electron chi connectivity index (χ2n) is 6.90. The summed E-state index contributed by atoms with van der Waals surface area (Å²) in [5.41, 5.74) is 4.53. The van der Waals surface area contributed by atoms with Gasteiger partial charge in [0.15, 0.2) is 5.82 Å². The molecule has 1 N–H and O–H groups in total. The molecule has 2 aromatic heterocycles. The molecule has 0 saturated carbocycles. The van der Waals surface area contributed by atoms with Crippen LogP contribution in [0.5, 0.6) is 0 Å². The first-order valence-electron chi connectivity index (χ1n) is 9.04. The standard InChI is InChI=1S/C19H18N6O2S/c1-23-5-4-12-8-13(2-3-14(12)19(23)27)24-6-7-25-17(24)9-16(22-25)21-18(26)15-10-20-11-28-15/h2-3,8-11H,4-7H2,1H3,(H,21,22,26). The highest BCUT2D eigenvalue weighted by Crippen LogP contribution is 2.34. The Morgan fingerprint density at radius 3 is 2.93 bits per heavy atom. The number of aromatic nitrogens is 3. The molecule has 2 amide bonds. The lowest BCUT2D eigenvalue weighted by Gasteiger charge is -2.26. The normalized spacial score (nSPS) is 15.5. The Hall–Kier alpha value is -3.20. The van der Waals surface area contributed by atoms with Crippen LogP contribution in [0.15, 0.2) is 36.0 Å². The second kappa shape index (κ2) is 6.45. The van der Waals surface area contributed by atoms with Gasteiger partial charge in [-0.2, -0.15) is 5.10 Å². The Morgan fingerprint density at radius 1 is 1.21 bits per heavy atom. The fraction of sp³-hybridized carbons (Fsp3) is 0.263. The zero-order valence-corrected chi connectivity index (χ0v) is 16.1. The van der Waals surface area contributed by atoms with Crippen molar-refractivity contribution in [3.05, 3.63) is 52.0 Å². The second-order valence-corrected chi connectivity index (χ2v) is 7.79. The van der Waals surface area contributed by atoms with Crippen LogP contribution in [0.2, 0.25) is 0 Å². The Morgan fingerprint density at radius 2 is 2.11 bits per heavy atom. The molecule has 1 aromatic carbocycles. The maximum absolute atomic E-state index is 12.3. The van der Waals surface area contributed by atoms with Crippen molar-refractivity contribution in [3.8, 4) is 0 Å². The molecule has 5 rings (SSSR count). The lowest BCUT2D eigenvalue weighted by atomic mass is 9.98. The minimum Gasteiger partial charge on any atom is -0.341 e. The van der Waals surface area contributed by atoms with Gasteiger partial charge in [-0.3, -0.25) is 14.6 Å². The van der Waals surface area contributed by atoms with Gasteiger partial charge in [-0.15, -0.1) is 11.3 Å². The van der Waals surface area contributed by atoms with Gasteiger partial charge in [0.25, 0.3) is 11.8 Å². The third kappa shape index (κ3) is 2.75. The summed E-state index contributed by atoms with van der Waals surface area (Å²) in [6.07, 6.45) is 2.40. The van der Waals surface area contributed by atoms with Gasteiger partial charge in [0, 0.05) is 37.5 Å². The molecular formula is C19H18N6O2S. The Balaban J connectivity index is 1.40. The molecule has 0 unspecified atom stereocenters. The lowest BCUT2D eigenvalue weighted by molar-refractivity contribution is 0.0780. The number of thiazole rings is 1. The van der Waals surface area contributed by atoms with Crippen LogP contribution in [0.4, 0.5) is 17.3 Å². The minimum absolute atomic E-state index is 0.0762. The Labute approximate surface area is 165 Å². The zero-order valence-electron chi connectivity index (χ0n) is 15.3. The highest BCUT2D eigenvalue weighted by atomic mass is 32.1. The third-order valence-corrected chi connectivity index (χ3v) is 5.93. The molecule has 0 aliphatic carbocycles. The van der Waals surface area contributed by atoms with Crippen molar-refractivity contribution in [2.75, 3.05) is 30.4 Å². The van der Waals surface area contributed by atoms with Crippen LogP contribution in [-0.4, -0.2) is 51.6 Å². The molecule has 28 heavy (non-hydrogen) atoms. The third-order valence-electron chi connectivity index (χ3n) is 5.16. The number of amides is 2. The summed E-state index contributed by atoms with van der Waals surface area (Å²) in [7, 11) is 1.83. The smallest absolute Gasteiger partial charge is 0.268 e. The highest BCUT2D eigenvalue weighted by molar-refractivity contribution is 7.11. The molecule has 8 nitrogen and oxygen atoms in total. The van der Waals surface area contributed by atoms with E-state index in [1.54, 1.807) is 16.6 Å². The van der Waals surface area contributed by atoms with E-state index in [1.807, 2.05) is 29.9 Å². The summed E-state index contributed by atoms with van der Waals surface area (Å²) in [6.45, 7) is 2.28. The molecule has 0 atom stereocenters. The maximum Gasteiger partial charge on any atom is 0.268 e. The quantitative estimate of drug-likeness (QED) is 0.737. The average molecular weight is 394 g/mol. The van der Waals surface area contributed by atoms with Crippen LogP contribution < -0.4 is 10.2 Å². The molecule has 4 heterocycles.